The Labute approximate surface area is 158 Å². The highest BCUT2D eigenvalue weighted by Gasteiger charge is 2.25. The Morgan fingerprint density at radius 2 is 1.67 bits per heavy atom. The minimum atomic E-state index is -0.575. The van der Waals surface area contributed by atoms with Crippen molar-refractivity contribution in [2.75, 3.05) is 19.7 Å². The third-order valence-electron chi connectivity index (χ3n) is 4.55. The number of hydrogen-bond acceptors (Lipinski definition) is 4. The van der Waals surface area contributed by atoms with Crippen LogP contribution in [0, 0.1) is 0 Å². The van der Waals surface area contributed by atoms with E-state index in [2.05, 4.69) is 0 Å². The van der Waals surface area contributed by atoms with Gasteiger partial charge in [0, 0.05) is 13.1 Å². The van der Waals surface area contributed by atoms with Gasteiger partial charge in [-0.2, -0.15) is 0 Å². The predicted molar refractivity (Wildman–Crippen MR) is 101 cm³/mol. The van der Waals surface area contributed by atoms with E-state index in [1.165, 1.54) is 0 Å². The quantitative estimate of drug-likeness (QED) is 0.813. The zero-order valence-electron chi connectivity index (χ0n) is 15.2. The van der Waals surface area contributed by atoms with E-state index < -0.39 is 5.91 Å². The second kappa shape index (κ2) is 9.19. The van der Waals surface area contributed by atoms with Gasteiger partial charge in [0.1, 0.15) is 5.75 Å². The molecule has 2 aromatic carbocycles. The lowest BCUT2D eigenvalue weighted by atomic mass is 10.1. The molecule has 0 unspecified atom stereocenters. The molecule has 0 aromatic heterocycles. The van der Waals surface area contributed by atoms with Crippen molar-refractivity contribution >= 4 is 11.8 Å². The summed E-state index contributed by atoms with van der Waals surface area (Å²) < 4.78 is 11.3. The fourth-order valence-corrected chi connectivity index (χ4v) is 3.10. The minimum absolute atomic E-state index is 0.100. The molecule has 3 rings (SSSR count). The highest BCUT2D eigenvalue weighted by atomic mass is 16.5. The van der Waals surface area contributed by atoms with E-state index in [9.17, 15) is 9.59 Å². The first-order valence-corrected chi connectivity index (χ1v) is 9.08. The molecule has 0 aliphatic carbocycles. The molecule has 1 fully saturated rings. The fourth-order valence-electron chi connectivity index (χ4n) is 3.10. The average Bonchev–Trinajstić information content (AvgIpc) is 2.71. The van der Waals surface area contributed by atoms with Gasteiger partial charge < -0.3 is 20.1 Å². The highest BCUT2D eigenvalue weighted by Crippen LogP contribution is 2.23. The zero-order chi connectivity index (χ0) is 19.1. The third kappa shape index (κ3) is 5.31. The molecule has 2 amide bonds. The first-order chi connectivity index (χ1) is 13.1. The van der Waals surface area contributed by atoms with Crippen LogP contribution < -0.4 is 10.5 Å². The van der Waals surface area contributed by atoms with Crippen LogP contribution >= 0.6 is 0 Å². The van der Waals surface area contributed by atoms with Crippen LogP contribution in [-0.4, -0.2) is 42.5 Å². The Hall–Kier alpha value is -2.86. The highest BCUT2D eigenvalue weighted by molar-refractivity contribution is 5.97. The van der Waals surface area contributed by atoms with E-state index >= 15 is 0 Å². The molecule has 0 saturated carbocycles. The van der Waals surface area contributed by atoms with E-state index in [0.29, 0.717) is 31.0 Å². The standard InChI is InChI=1S/C21H24N2O4/c22-20(24)15-27-19-9-5-4-8-18(19)21(25)23-12-10-17(11-13-23)26-14-16-6-2-1-3-7-16/h1-9,17H,10-15H2,(H2,22,24). The van der Waals surface area contributed by atoms with Crippen molar-refractivity contribution in [3.8, 4) is 5.75 Å². The first-order valence-electron chi connectivity index (χ1n) is 9.08. The number of rotatable bonds is 7. The van der Waals surface area contributed by atoms with Gasteiger partial charge in [-0.1, -0.05) is 42.5 Å². The summed E-state index contributed by atoms with van der Waals surface area (Å²) in [5.41, 5.74) is 6.72. The van der Waals surface area contributed by atoms with E-state index in [4.69, 9.17) is 15.2 Å². The lowest BCUT2D eigenvalue weighted by molar-refractivity contribution is -0.119. The Bertz CT molecular complexity index is 771. The summed E-state index contributed by atoms with van der Waals surface area (Å²) >= 11 is 0. The van der Waals surface area contributed by atoms with Crippen molar-refractivity contribution in [3.63, 3.8) is 0 Å². The third-order valence-corrected chi connectivity index (χ3v) is 4.55. The molecule has 6 heteroatoms. The molecule has 6 nitrogen and oxygen atoms in total. The van der Waals surface area contributed by atoms with Crippen LogP contribution in [0.2, 0.25) is 0 Å². The Morgan fingerprint density at radius 3 is 2.37 bits per heavy atom. The lowest BCUT2D eigenvalue weighted by Crippen LogP contribution is -2.41. The molecule has 1 aliphatic rings. The Morgan fingerprint density at radius 1 is 1.00 bits per heavy atom. The number of amides is 2. The summed E-state index contributed by atoms with van der Waals surface area (Å²) in [5.74, 6) is -0.297. The minimum Gasteiger partial charge on any atom is -0.483 e. The molecular weight excluding hydrogens is 344 g/mol. The molecule has 0 spiro atoms. The lowest BCUT2D eigenvalue weighted by Gasteiger charge is -2.32. The Kier molecular flexibility index (Phi) is 6.44. The van der Waals surface area contributed by atoms with Crippen LogP contribution in [0.25, 0.3) is 0 Å². The van der Waals surface area contributed by atoms with E-state index in [-0.39, 0.29) is 18.6 Å². The zero-order valence-corrected chi connectivity index (χ0v) is 15.2. The van der Waals surface area contributed by atoms with Crippen molar-refractivity contribution in [1.82, 2.24) is 4.90 Å². The number of piperidine rings is 1. The molecule has 1 saturated heterocycles. The van der Waals surface area contributed by atoms with E-state index in [1.807, 2.05) is 30.3 Å². The van der Waals surface area contributed by atoms with Gasteiger partial charge in [0.05, 0.1) is 18.3 Å². The van der Waals surface area contributed by atoms with Crippen LogP contribution in [0.1, 0.15) is 28.8 Å². The maximum absolute atomic E-state index is 12.8. The van der Waals surface area contributed by atoms with Crippen LogP contribution in [0.4, 0.5) is 0 Å². The number of carbonyl (C=O) groups excluding carboxylic acids is 2. The first kappa shape index (κ1) is 18.9. The molecule has 0 atom stereocenters. The van der Waals surface area contributed by atoms with E-state index in [0.717, 1.165) is 18.4 Å². The number of para-hydroxylation sites is 1. The van der Waals surface area contributed by atoms with Crippen molar-refractivity contribution in [1.29, 1.82) is 0 Å². The van der Waals surface area contributed by atoms with Gasteiger partial charge in [-0.3, -0.25) is 9.59 Å². The Balaban J connectivity index is 1.53. The van der Waals surface area contributed by atoms with Crippen LogP contribution in [0.5, 0.6) is 5.75 Å². The van der Waals surface area contributed by atoms with E-state index in [1.54, 1.807) is 29.2 Å². The normalized spacial score (nSPS) is 14.7. The molecular formula is C21H24N2O4. The van der Waals surface area contributed by atoms with Gasteiger partial charge in [0.25, 0.3) is 11.8 Å². The van der Waals surface area contributed by atoms with Crippen molar-refractivity contribution in [2.24, 2.45) is 5.73 Å². The molecule has 0 bridgehead atoms. The number of carbonyl (C=O) groups is 2. The number of ether oxygens (including phenoxy) is 2. The number of hydrogen-bond donors (Lipinski definition) is 1. The van der Waals surface area contributed by atoms with Gasteiger partial charge in [0.15, 0.2) is 6.61 Å². The molecule has 2 aromatic rings. The van der Waals surface area contributed by atoms with Gasteiger partial charge >= 0.3 is 0 Å². The summed E-state index contributed by atoms with van der Waals surface area (Å²) in [5, 5.41) is 0. The van der Waals surface area contributed by atoms with Gasteiger partial charge in [0.2, 0.25) is 0 Å². The molecule has 2 N–H and O–H groups in total. The fraction of sp³-hybridized carbons (Fsp3) is 0.333. The SMILES string of the molecule is NC(=O)COc1ccccc1C(=O)N1CCC(OCc2ccccc2)CC1. The number of likely N-dealkylation sites (tertiary alicyclic amines) is 1. The average molecular weight is 368 g/mol. The summed E-state index contributed by atoms with van der Waals surface area (Å²) in [7, 11) is 0. The second-order valence-electron chi connectivity index (χ2n) is 6.54. The molecule has 0 radical (unpaired) electrons. The van der Waals surface area contributed by atoms with Gasteiger partial charge in [-0.25, -0.2) is 0 Å². The summed E-state index contributed by atoms with van der Waals surface area (Å²) in [4.78, 5) is 25.6. The number of nitrogens with zero attached hydrogens (tertiary/aromatic N) is 1. The van der Waals surface area contributed by atoms with Gasteiger partial charge in [-0.05, 0) is 30.5 Å². The van der Waals surface area contributed by atoms with Gasteiger partial charge in [-0.15, -0.1) is 0 Å². The molecule has 1 aliphatic heterocycles. The van der Waals surface area contributed by atoms with Crippen molar-refractivity contribution in [2.45, 2.75) is 25.6 Å². The van der Waals surface area contributed by atoms with Crippen LogP contribution in [0.15, 0.2) is 54.6 Å². The maximum Gasteiger partial charge on any atom is 0.257 e. The largest absolute Gasteiger partial charge is 0.483 e. The number of nitrogens with two attached hydrogens (primary N) is 1. The number of primary amides is 1. The van der Waals surface area contributed by atoms with Crippen LogP contribution in [-0.2, 0) is 16.1 Å². The van der Waals surface area contributed by atoms with Crippen molar-refractivity contribution < 1.29 is 19.1 Å². The topological polar surface area (TPSA) is 81.9 Å². The molecule has 1 heterocycles. The summed E-state index contributed by atoms with van der Waals surface area (Å²) in [6, 6.07) is 17.0. The molecule has 27 heavy (non-hydrogen) atoms. The smallest absolute Gasteiger partial charge is 0.257 e. The summed E-state index contributed by atoms with van der Waals surface area (Å²) in [6.45, 7) is 1.59. The number of benzene rings is 2. The van der Waals surface area contributed by atoms with Crippen molar-refractivity contribution in [3.05, 3.63) is 65.7 Å². The second-order valence-corrected chi connectivity index (χ2v) is 6.54. The maximum atomic E-state index is 12.8. The predicted octanol–water partition coefficient (Wildman–Crippen LogP) is 2.37. The summed E-state index contributed by atoms with van der Waals surface area (Å²) in [6.07, 6.45) is 1.74. The van der Waals surface area contributed by atoms with Crippen LogP contribution in [0.3, 0.4) is 0 Å². The molecule has 142 valence electrons. The monoisotopic (exact) mass is 368 g/mol.